The van der Waals surface area contributed by atoms with Crippen molar-refractivity contribution in [3.8, 4) is 0 Å². The van der Waals surface area contributed by atoms with Crippen molar-refractivity contribution in [3.63, 3.8) is 0 Å². The van der Waals surface area contributed by atoms with E-state index in [1.165, 1.54) is 6.42 Å². The Balaban J connectivity index is 2.12. The smallest absolute Gasteiger partial charge is 0.0196 e. The number of hydrogen-bond donors (Lipinski definition) is 0. The third-order valence-electron chi connectivity index (χ3n) is 3.14. The predicted molar refractivity (Wildman–Crippen MR) is 32.3 cm³/mol. The largest absolute Gasteiger partial charge is 0.0848 e. The second kappa shape index (κ2) is 0.896. The lowest BCUT2D eigenvalue weighted by Gasteiger charge is -1.97. The van der Waals surface area contributed by atoms with Crippen molar-refractivity contribution >= 4 is 0 Å². The SMILES string of the molecule is C1=C[C@H]2C[C@H]1[C@@H]1C[C@@H]12. The molecule has 3 rings (SSSR count). The molecule has 0 aliphatic heterocycles. The van der Waals surface area contributed by atoms with E-state index in [1.54, 1.807) is 6.42 Å². The highest BCUT2D eigenvalue weighted by Gasteiger charge is 2.54. The molecule has 0 aromatic carbocycles. The first kappa shape index (κ1) is 3.71. The van der Waals surface area contributed by atoms with Gasteiger partial charge >= 0.3 is 0 Å². The summed E-state index contributed by atoms with van der Waals surface area (Å²) in [6.07, 6.45) is 7.95. The van der Waals surface area contributed by atoms with E-state index in [4.69, 9.17) is 0 Å². The zero-order valence-corrected chi connectivity index (χ0v) is 4.88. The lowest BCUT2D eigenvalue weighted by molar-refractivity contribution is 0.574. The number of hydrogen-bond acceptors (Lipinski definition) is 0. The zero-order valence-electron chi connectivity index (χ0n) is 4.88. The molecular weight excluding hydrogens is 96.1 g/mol. The Kier molecular flexibility index (Phi) is 0.415. The van der Waals surface area contributed by atoms with Gasteiger partial charge in [0.05, 0.1) is 0 Å². The van der Waals surface area contributed by atoms with E-state index < -0.39 is 0 Å². The van der Waals surface area contributed by atoms with Gasteiger partial charge in [-0.2, -0.15) is 0 Å². The van der Waals surface area contributed by atoms with Crippen molar-refractivity contribution in [2.45, 2.75) is 12.8 Å². The number of fused-ring (bicyclic) bond motifs is 5. The van der Waals surface area contributed by atoms with Crippen molar-refractivity contribution in [2.24, 2.45) is 23.7 Å². The van der Waals surface area contributed by atoms with Gasteiger partial charge in [0.2, 0.25) is 0 Å². The van der Waals surface area contributed by atoms with Crippen molar-refractivity contribution < 1.29 is 0 Å². The molecule has 2 saturated carbocycles. The fourth-order valence-electron chi connectivity index (χ4n) is 2.61. The zero-order chi connectivity index (χ0) is 5.14. The minimum absolute atomic E-state index is 1.03. The summed E-state index contributed by atoms with van der Waals surface area (Å²) in [4.78, 5) is 0. The molecule has 3 aliphatic rings. The Bertz CT molecular complexity index is 141. The van der Waals surface area contributed by atoms with Crippen LogP contribution in [0.1, 0.15) is 12.8 Å². The molecule has 0 aromatic heterocycles. The van der Waals surface area contributed by atoms with Crippen LogP contribution in [0.25, 0.3) is 0 Å². The molecule has 0 radical (unpaired) electrons. The number of allylic oxidation sites excluding steroid dienone is 2. The number of rotatable bonds is 0. The van der Waals surface area contributed by atoms with E-state index in [2.05, 4.69) is 12.2 Å². The van der Waals surface area contributed by atoms with Gasteiger partial charge in [-0.05, 0) is 36.5 Å². The molecule has 0 saturated heterocycles. The topological polar surface area (TPSA) is 0 Å². The highest BCUT2D eigenvalue weighted by atomic mass is 14.6. The highest BCUT2D eigenvalue weighted by molar-refractivity contribution is 5.20. The minimum atomic E-state index is 1.03. The van der Waals surface area contributed by atoms with Gasteiger partial charge in [0.25, 0.3) is 0 Å². The average Bonchev–Trinajstić information content (AvgIpc) is 2.39. The van der Waals surface area contributed by atoms with Gasteiger partial charge in [-0.15, -0.1) is 0 Å². The highest BCUT2D eigenvalue weighted by Crippen LogP contribution is 2.62. The van der Waals surface area contributed by atoms with Crippen LogP contribution in [0, 0.1) is 23.7 Å². The standard InChI is InChI=1S/C8H10/c1-2-6-3-5(1)7-4-8(6)7/h1-2,5-8H,3-4H2/t5-,6-,7-,8+/m0/s1. The Hall–Kier alpha value is -0.260. The Morgan fingerprint density at radius 2 is 1.50 bits per heavy atom. The summed E-state index contributed by atoms with van der Waals surface area (Å²) in [5, 5.41) is 0. The molecule has 2 fully saturated rings. The molecule has 0 nitrogen and oxygen atoms in total. The summed E-state index contributed by atoms with van der Waals surface area (Å²) in [7, 11) is 0. The normalized spacial score (nSPS) is 64.0. The molecule has 0 amide bonds. The molecule has 0 N–H and O–H groups in total. The van der Waals surface area contributed by atoms with Crippen LogP contribution in [0.15, 0.2) is 12.2 Å². The molecule has 0 heteroatoms. The molecule has 42 valence electrons. The summed E-state index contributed by atoms with van der Waals surface area (Å²) >= 11 is 0. The molecule has 0 unspecified atom stereocenters. The maximum atomic E-state index is 2.44. The maximum Gasteiger partial charge on any atom is -0.0196 e. The van der Waals surface area contributed by atoms with Gasteiger partial charge in [-0.25, -0.2) is 0 Å². The molecule has 4 atom stereocenters. The first-order valence-corrected chi connectivity index (χ1v) is 3.63. The third-order valence-corrected chi connectivity index (χ3v) is 3.14. The lowest BCUT2D eigenvalue weighted by atomic mass is 10.1. The van der Waals surface area contributed by atoms with Crippen molar-refractivity contribution in [1.82, 2.24) is 0 Å². The quantitative estimate of drug-likeness (QED) is 0.413. The second-order valence-corrected chi connectivity index (χ2v) is 3.51. The summed E-state index contributed by atoms with van der Waals surface area (Å²) in [6.45, 7) is 0. The van der Waals surface area contributed by atoms with Crippen molar-refractivity contribution in [2.75, 3.05) is 0 Å². The maximum absolute atomic E-state index is 2.44. The Morgan fingerprint density at radius 3 is 1.88 bits per heavy atom. The second-order valence-electron chi connectivity index (χ2n) is 3.51. The van der Waals surface area contributed by atoms with E-state index in [0.717, 1.165) is 23.7 Å². The molecule has 8 heavy (non-hydrogen) atoms. The fraction of sp³-hybridized carbons (Fsp3) is 0.750. The van der Waals surface area contributed by atoms with E-state index in [9.17, 15) is 0 Å². The van der Waals surface area contributed by atoms with E-state index in [1.807, 2.05) is 0 Å². The average molecular weight is 106 g/mol. The molecule has 0 spiro atoms. The van der Waals surface area contributed by atoms with Gasteiger partial charge in [0.15, 0.2) is 0 Å². The van der Waals surface area contributed by atoms with Crippen LogP contribution in [0.4, 0.5) is 0 Å². The predicted octanol–water partition coefficient (Wildman–Crippen LogP) is 1.83. The summed E-state index contributed by atoms with van der Waals surface area (Å²) in [5.41, 5.74) is 0. The van der Waals surface area contributed by atoms with Gasteiger partial charge in [0.1, 0.15) is 0 Å². The van der Waals surface area contributed by atoms with Crippen LogP contribution < -0.4 is 0 Å². The molecule has 0 heterocycles. The molecule has 2 bridgehead atoms. The first-order chi connectivity index (χ1) is 3.95. The lowest BCUT2D eigenvalue weighted by Crippen LogP contribution is -1.88. The van der Waals surface area contributed by atoms with Crippen molar-refractivity contribution in [3.05, 3.63) is 12.2 Å². The van der Waals surface area contributed by atoms with Crippen LogP contribution in [0.2, 0.25) is 0 Å². The van der Waals surface area contributed by atoms with Gasteiger partial charge in [-0.1, -0.05) is 12.2 Å². The van der Waals surface area contributed by atoms with Gasteiger partial charge < -0.3 is 0 Å². The molecule has 3 aliphatic carbocycles. The third kappa shape index (κ3) is 0.249. The minimum Gasteiger partial charge on any atom is -0.0848 e. The fourth-order valence-corrected chi connectivity index (χ4v) is 2.61. The van der Waals surface area contributed by atoms with Crippen molar-refractivity contribution in [1.29, 1.82) is 0 Å². The first-order valence-electron chi connectivity index (χ1n) is 3.63. The van der Waals surface area contributed by atoms with E-state index in [0.29, 0.717) is 0 Å². The summed E-state index contributed by atoms with van der Waals surface area (Å²) < 4.78 is 0. The van der Waals surface area contributed by atoms with E-state index >= 15 is 0 Å². The Morgan fingerprint density at radius 1 is 0.875 bits per heavy atom. The monoisotopic (exact) mass is 106 g/mol. The van der Waals surface area contributed by atoms with Gasteiger partial charge in [0, 0.05) is 0 Å². The van der Waals surface area contributed by atoms with Crippen LogP contribution >= 0.6 is 0 Å². The molecule has 0 aromatic rings. The molecular formula is C8H10. The van der Waals surface area contributed by atoms with E-state index in [-0.39, 0.29) is 0 Å². The van der Waals surface area contributed by atoms with Crippen LogP contribution in [-0.4, -0.2) is 0 Å². The Labute approximate surface area is 49.6 Å². The van der Waals surface area contributed by atoms with Crippen LogP contribution in [-0.2, 0) is 0 Å². The van der Waals surface area contributed by atoms with Gasteiger partial charge in [-0.3, -0.25) is 0 Å². The van der Waals surface area contributed by atoms with Crippen LogP contribution in [0.3, 0.4) is 0 Å². The summed E-state index contributed by atoms with van der Waals surface area (Å²) in [5.74, 6) is 4.38. The van der Waals surface area contributed by atoms with Crippen LogP contribution in [0.5, 0.6) is 0 Å². The summed E-state index contributed by atoms with van der Waals surface area (Å²) in [6, 6.07) is 0.